The lowest BCUT2D eigenvalue weighted by Crippen LogP contribution is -2.47. The van der Waals surface area contributed by atoms with Crippen molar-refractivity contribution in [1.82, 2.24) is 0 Å². The molecule has 0 saturated heterocycles. The molecular weight excluding hydrogens is 528 g/mol. The van der Waals surface area contributed by atoms with Crippen molar-refractivity contribution in [3.8, 4) is 0 Å². The molecule has 7 aliphatic carbocycles. The molecule has 6 bridgehead atoms. The number of carbonyl (C=O) groups excluding carboxylic acids is 2. The first-order valence-electron chi connectivity index (χ1n) is 16.3. The van der Waals surface area contributed by atoms with E-state index in [1.807, 2.05) is 0 Å². The van der Waals surface area contributed by atoms with Crippen molar-refractivity contribution in [2.75, 3.05) is 0 Å². The average Bonchev–Trinajstić information content (AvgIpc) is 3.35. The average molecular weight is 583 g/mol. The van der Waals surface area contributed by atoms with Gasteiger partial charge >= 0.3 is 11.9 Å². The van der Waals surface area contributed by atoms with Crippen molar-refractivity contribution in [3.63, 3.8) is 0 Å². The topological polar surface area (TPSA) is 61.8 Å². The molecule has 0 heterocycles. The van der Waals surface area contributed by atoms with Crippen LogP contribution >= 0.6 is 0 Å². The summed E-state index contributed by atoms with van der Waals surface area (Å²) >= 11 is 0. The zero-order chi connectivity index (χ0) is 30.1. The van der Waals surface area contributed by atoms with Gasteiger partial charge in [0.2, 0.25) is 8.32 Å². The minimum atomic E-state index is -1.94. The molecule has 0 aliphatic heterocycles. The van der Waals surface area contributed by atoms with E-state index in [1.165, 1.54) is 12.8 Å². The summed E-state index contributed by atoms with van der Waals surface area (Å²) in [6.45, 7) is 24.9. The number of rotatable bonds is 6. The molecule has 5 nitrogen and oxygen atoms in total. The van der Waals surface area contributed by atoms with Crippen LogP contribution in [0.2, 0.25) is 19.6 Å². The molecule has 0 aromatic rings. The predicted octanol–water partition coefficient (Wildman–Crippen LogP) is 8.21. The SMILES string of the molecule is CC1(C)CC2C(O[Si](C)(C)C)=CC1C(C(=O)OC1CC3CCC1(C)C3(C)C)=C2C(=O)OC1CC2CCC1(C)C2(C)C. The second-order valence-electron chi connectivity index (χ2n) is 17.8. The molecule has 6 heteroatoms. The third-order valence-corrected chi connectivity index (χ3v) is 14.8. The summed E-state index contributed by atoms with van der Waals surface area (Å²) in [6.07, 6.45) is 9.05. The highest BCUT2D eigenvalue weighted by atomic mass is 28.4. The van der Waals surface area contributed by atoms with Gasteiger partial charge in [-0.2, -0.15) is 0 Å². The predicted molar refractivity (Wildman–Crippen MR) is 163 cm³/mol. The highest BCUT2D eigenvalue weighted by Gasteiger charge is 2.65. The van der Waals surface area contributed by atoms with Gasteiger partial charge in [-0.15, -0.1) is 0 Å². The van der Waals surface area contributed by atoms with Crippen molar-refractivity contribution in [2.24, 2.45) is 50.7 Å². The first-order chi connectivity index (χ1) is 18.7. The van der Waals surface area contributed by atoms with Crippen LogP contribution in [0.5, 0.6) is 0 Å². The van der Waals surface area contributed by atoms with Crippen molar-refractivity contribution in [2.45, 2.75) is 132 Å². The Labute approximate surface area is 249 Å². The lowest BCUT2D eigenvalue weighted by atomic mass is 9.58. The van der Waals surface area contributed by atoms with Crippen molar-refractivity contribution in [3.05, 3.63) is 23.0 Å². The third-order valence-electron chi connectivity index (χ3n) is 14.0. The van der Waals surface area contributed by atoms with E-state index in [4.69, 9.17) is 13.9 Å². The van der Waals surface area contributed by atoms with Crippen LogP contribution in [0.25, 0.3) is 0 Å². The molecule has 0 aromatic heterocycles. The Hall–Kier alpha value is -1.56. The molecule has 228 valence electrons. The van der Waals surface area contributed by atoms with E-state index in [1.54, 1.807) is 0 Å². The van der Waals surface area contributed by atoms with E-state index in [9.17, 15) is 9.59 Å². The zero-order valence-corrected chi connectivity index (χ0v) is 28.5. The fourth-order valence-corrected chi connectivity index (χ4v) is 11.2. The monoisotopic (exact) mass is 582 g/mol. The highest BCUT2D eigenvalue weighted by Crippen LogP contribution is 2.68. The number of fused-ring (bicyclic) bond motifs is 5. The first-order valence-corrected chi connectivity index (χ1v) is 19.7. The summed E-state index contributed by atoms with van der Waals surface area (Å²) in [5, 5.41) is 0. The summed E-state index contributed by atoms with van der Waals surface area (Å²) in [6, 6.07) is 0. The Morgan fingerprint density at radius 2 is 1.22 bits per heavy atom. The zero-order valence-electron chi connectivity index (χ0n) is 27.5. The van der Waals surface area contributed by atoms with E-state index < -0.39 is 8.32 Å². The summed E-state index contributed by atoms with van der Waals surface area (Å²) in [7, 11) is -1.94. The van der Waals surface area contributed by atoms with Crippen LogP contribution < -0.4 is 0 Å². The summed E-state index contributed by atoms with van der Waals surface area (Å²) in [5.41, 5.74) is 1.07. The molecular formula is C35H54O5Si. The van der Waals surface area contributed by atoms with Gasteiger partial charge in [0.05, 0.1) is 16.9 Å². The van der Waals surface area contributed by atoms with Crippen molar-refractivity contribution < 1.29 is 23.5 Å². The van der Waals surface area contributed by atoms with Gasteiger partial charge in [0.1, 0.15) is 12.2 Å². The molecule has 8 unspecified atom stereocenters. The van der Waals surface area contributed by atoms with Crippen LogP contribution in [0.15, 0.2) is 23.0 Å². The number of ether oxygens (including phenoxy) is 2. The molecule has 7 aliphatic rings. The van der Waals surface area contributed by atoms with Gasteiger partial charge < -0.3 is 13.9 Å². The second-order valence-corrected chi connectivity index (χ2v) is 22.3. The Bertz CT molecular complexity index is 1230. The smallest absolute Gasteiger partial charge is 0.335 e. The second kappa shape index (κ2) is 8.76. The lowest BCUT2D eigenvalue weighted by molar-refractivity contribution is -0.157. The molecule has 0 spiro atoms. The Kier molecular flexibility index (Phi) is 6.30. The standard InChI is InChI=1S/C35H54O5Si/c1-31(2)19-22-24(40-41(9,10)11)18-23(31)28(30(37)39-26-17-21-13-15-35(26,8)33(21,5)6)27(22)29(36)38-25-16-20-12-14-34(25,7)32(20,3)4/h18,20-23,25-26H,12-17,19H2,1-11H3. The van der Waals surface area contributed by atoms with E-state index in [2.05, 4.69) is 81.1 Å². The molecule has 4 saturated carbocycles. The molecule has 4 fully saturated rings. The van der Waals surface area contributed by atoms with Crippen LogP contribution in [0.4, 0.5) is 0 Å². The molecule has 0 N–H and O–H groups in total. The minimum absolute atomic E-state index is 0.0387. The van der Waals surface area contributed by atoms with Crippen LogP contribution in [0.3, 0.4) is 0 Å². The van der Waals surface area contributed by atoms with Crippen LogP contribution in [0.1, 0.15) is 100 Å². The van der Waals surface area contributed by atoms with Gasteiger partial charge in [-0.25, -0.2) is 9.59 Å². The number of carbonyl (C=O) groups is 2. The number of hydrogen-bond donors (Lipinski definition) is 0. The van der Waals surface area contributed by atoms with Crippen LogP contribution in [-0.2, 0) is 23.5 Å². The number of esters is 2. The summed E-state index contributed by atoms with van der Waals surface area (Å²) in [4.78, 5) is 28.7. The van der Waals surface area contributed by atoms with E-state index in [0.29, 0.717) is 23.0 Å². The molecule has 8 atom stereocenters. The quantitative estimate of drug-likeness (QED) is 0.233. The molecule has 0 aromatic carbocycles. The maximum atomic E-state index is 14.4. The summed E-state index contributed by atoms with van der Waals surface area (Å²) in [5.74, 6) is 0.867. The van der Waals surface area contributed by atoms with E-state index in [0.717, 1.165) is 37.9 Å². The van der Waals surface area contributed by atoms with E-state index in [-0.39, 0.29) is 63.1 Å². The van der Waals surface area contributed by atoms with Crippen molar-refractivity contribution in [1.29, 1.82) is 0 Å². The van der Waals surface area contributed by atoms with Gasteiger partial charge in [-0.3, -0.25) is 0 Å². The fourth-order valence-electron chi connectivity index (χ4n) is 10.3. The van der Waals surface area contributed by atoms with Crippen LogP contribution in [-0.4, -0.2) is 32.5 Å². The normalized spacial score (nSPS) is 42.9. The largest absolute Gasteiger partial charge is 0.547 e. The van der Waals surface area contributed by atoms with Gasteiger partial charge in [-0.1, -0.05) is 55.4 Å². The summed E-state index contributed by atoms with van der Waals surface area (Å²) < 4.78 is 19.6. The third kappa shape index (κ3) is 4.04. The first kappa shape index (κ1) is 29.5. The van der Waals surface area contributed by atoms with Gasteiger partial charge in [0.15, 0.2) is 0 Å². The molecule has 7 rings (SSSR count). The van der Waals surface area contributed by atoms with E-state index >= 15 is 0 Å². The Morgan fingerprint density at radius 3 is 1.61 bits per heavy atom. The molecule has 0 radical (unpaired) electrons. The van der Waals surface area contributed by atoms with Gasteiger partial charge in [0, 0.05) is 22.7 Å². The fraction of sp³-hybridized carbons (Fsp3) is 0.829. The van der Waals surface area contributed by atoms with Crippen molar-refractivity contribution >= 4 is 20.3 Å². The van der Waals surface area contributed by atoms with Crippen LogP contribution in [0, 0.1) is 50.7 Å². The minimum Gasteiger partial charge on any atom is -0.547 e. The highest BCUT2D eigenvalue weighted by molar-refractivity contribution is 6.70. The van der Waals surface area contributed by atoms with Gasteiger partial charge in [0.25, 0.3) is 0 Å². The lowest BCUT2D eigenvalue weighted by Gasteiger charge is -2.49. The molecule has 41 heavy (non-hydrogen) atoms. The maximum Gasteiger partial charge on any atom is 0.335 e. The Morgan fingerprint density at radius 1 is 0.756 bits per heavy atom. The molecule has 0 amide bonds. The maximum absolute atomic E-state index is 14.4. The van der Waals surface area contributed by atoms with Gasteiger partial charge in [-0.05, 0) is 98.7 Å². The number of allylic oxidation sites excluding steroid dienone is 2. The Balaban J connectivity index is 1.37. The number of hydrogen-bond acceptors (Lipinski definition) is 5.